The number of nitrogens with two attached hydrogens (primary N) is 1. The van der Waals surface area contributed by atoms with Gasteiger partial charge in [0.05, 0.1) is 10.7 Å². The van der Waals surface area contributed by atoms with E-state index in [0.29, 0.717) is 6.54 Å². The summed E-state index contributed by atoms with van der Waals surface area (Å²) in [6.45, 7) is 6.70. The molecule has 1 atom stereocenters. The smallest absolute Gasteiger partial charge is 0.0941 e. The molecule has 0 aromatic carbocycles. The number of fused-ring (bicyclic) bond motifs is 1. The van der Waals surface area contributed by atoms with Gasteiger partial charge in [0.15, 0.2) is 0 Å². The Morgan fingerprint density at radius 2 is 2.26 bits per heavy atom. The molecule has 0 aliphatic carbocycles. The van der Waals surface area contributed by atoms with Crippen LogP contribution in [0, 0.1) is 0 Å². The van der Waals surface area contributed by atoms with E-state index in [9.17, 15) is 0 Å². The van der Waals surface area contributed by atoms with Gasteiger partial charge in [-0.15, -0.1) is 11.3 Å². The molecule has 2 fully saturated rings. The maximum atomic E-state index is 5.58. The third kappa shape index (κ3) is 3.34. The quantitative estimate of drug-likeness (QED) is 0.903. The summed E-state index contributed by atoms with van der Waals surface area (Å²) in [5.41, 5.74) is 6.81. The Balaban J connectivity index is 1.54. The molecule has 3 heterocycles. The molecule has 3 rings (SSSR count). The Kier molecular flexibility index (Phi) is 4.48. The Bertz CT molecular complexity index is 406. The molecule has 2 N–H and O–H groups in total. The van der Waals surface area contributed by atoms with Crippen molar-refractivity contribution >= 4 is 11.3 Å². The summed E-state index contributed by atoms with van der Waals surface area (Å²) in [6, 6.07) is 0.796. The number of hydrogen-bond donors (Lipinski definition) is 1. The molecule has 1 aromatic heterocycles. The number of nitrogens with zero attached hydrogens (tertiary/aromatic N) is 3. The first-order chi connectivity index (χ1) is 9.35. The molecule has 0 radical (unpaired) electrons. The SMILES string of the molecule is NCCc1nc(CN2CCN3CCCCC3C2)cs1. The summed E-state index contributed by atoms with van der Waals surface area (Å²) in [6.07, 6.45) is 5.10. The van der Waals surface area contributed by atoms with Gasteiger partial charge in [0.1, 0.15) is 0 Å². The first-order valence-electron chi connectivity index (χ1n) is 7.45. The molecule has 0 spiro atoms. The Labute approximate surface area is 119 Å². The summed E-state index contributed by atoms with van der Waals surface area (Å²) in [5.74, 6) is 0. The van der Waals surface area contributed by atoms with Gasteiger partial charge in [0.2, 0.25) is 0 Å². The van der Waals surface area contributed by atoms with E-state index in [1.54, 1.807) is 11.3 Å². The average molecular weight is 280 g/mol. The summed E-state index contributed by atoms with van der Waals surface area (Å²) in [5, 5.41) is 3.40. The van der Waals surface area contributed by atoms with Crippen LogP contribution in [-0.4, -0.2) is 53.5 Å². The number of hydrogen-bond acceptors (Lipinski definition) is 5. The van der Waals surface area contributed by atoms with E-state index >= 15 is 0 Å². The van der Waals surface area contributed by atoms with Gasteiger partial charge in [0, 0.05) is 44.0 Å². The lowest BCUT2D eigenvalue weighted by atomic mass is 9.99. The second kappa shape index (κ2) is 6.31. The van der Waals surface area contributed by atoms with Gasteiger partial charge >= 0.3 is 0 Å². The number of rotatable bonds is 4. The van der Waals surface area contributed by atoms with Crippen molar-refractivity contribution < 1.29 is 0 Å². The van der Waals surface area contributed by atoms with Crippen LogP contribution in [0.1, 0.15) is 30.0 Å². The molecule has 1 unspecified atom stereocenters. The van der Waals surface area contributed by atoms with Crippen LogP contribution >= 0.6 is 11.3 Å². The standard InChI is InChI=1S/C14H24N4S/c15-5-4-14-16-12(11-19-14)9-17-7-8-18-6-2-1-3-13(18)10-17/h11,13H,1-10,15H2. The minimum atomic E-state index is 0.702. The van der Waals surface area contributed by atoms with Gasteiger partial charge in [0.25, 0.3) is 0 Å². The molecular formula is C14H24N4S. The minimum Gasteiger partial charge on any atom is -0.330 e. The van der Waals surface area contributed by atoms with Gasteiger partial charge in [-0.05, 0) is 25.9 Å². The second-order valence-corrected chi connectivity index (χ2v) is 6.63. The van der Waals surface area contributed by atoms with Gasteiger partial charge in [-0.2, -0.15) is 0 Å². The fourth-order valence-corrected chi connectivity index (χ4v) is 4.06. The highest BCUT2D eigenvalue weighted by molar-refractivity contribution is 7.09. The van der Waals surface area contributed by atoms with E-state index in [4.69, 9.17) is 5.73 Å². The average Bonchev–Trinajstić information content (AvgIpc) is 2.86. The topological polar surface area (TPSA) is 45.4 Å². The first kappa shape index (κ1) is 13.5. The monoisotopic (exact) mass is 280 g/mol. The molecule has 2 aliphatic rings. The number of thiazole rings is 1. The third-order valence-corrected chi connectivity index (χ3v) is 5.22. The van der Waals surface area contributed by atoms with E-state index in [0.717, 1.165) is 19.0 Å². The van der Waals surface area contributed by atoms with Crippen LogP contribution in [0.25, 0.3) is 0 Å². The van der Waals surface area contributed by atoms with Crippen LogP contribution < -0.4 is 5.73 Å². The van der Waals surface area contributed by atoms with Crippen molar-refractivity contribution in [1.82, 2.24) is 14.8 Å². The van der Waals surface area contributed by atoms with Crippen LogP contribution in [0.2, 0.25) is 0 Å². The largest absolute Gasteiger partial charge is 0.330 e. The molecule has 2 aliphatic heterocycles. The molecule has 106 valence electrons. The zero-order chi connectivity index (χ0) is 13.1. The van der Waals surface area contributed by atoms with Crippen LogP contribution in [0.3, 0.4) is 0 Å². The zero-order valence-electron chi connectivity index (χ0n) is 11.6. The summed E-state index contributed by atoms with van der Waals surface area (Å²) < 4.78 is 0. The van der Waals surface area contributed by atoms with Gasteiger partial charge in [-0.3, -0.25) is 9.80 Å². The normalized spacial score (nSPS) is 25.4. The molecule has 19 heavy (non-hydrogen) atoms. The van der Waals surface area contributed by atoms with E-state index in [2.05, 4.69) is 20.2 Å². The number of aromatic nitrogens is 1. The zero-order valence-corrected chi connectivity index (χ0v) is 12.4. The van der Waals surface area contributed by atoms with E-state index in [-0.39, 0.29) is 0 Å². The maximum Gasteiger partial charge on any atom is 0.0941 e. The lowest BCUT2D eigenvalue weighted by Gasteiger charge is -2.43. The van der Waals surface area contributed by atoms with Crippen molar-refractivity contribution in [1.29, 1.82) is 0 Å². The Hall–Kier alpha value is -0.490. The van der Waals surface area contributed by atoms with Crippen molar-refractivity contribution in [2.45, 2.75) is 38.3 Å². The van der Waals surface area contributed by atoms with Crippen molar-refractivity contribution in [3.63, 3.8) is 0 Å². The first-order valence-corrected chi connectivity index (χ1v) is 8.33. The van der Waals surface area contributed by atoms with E-state index < -0.39 is 0 Å². The lowest BCUT2D eigenvalue weighted by molar-refractivity contribution is 0.0452. The minimum absolute atomic E-state index is 0.702. The number of piperidine rings is 1. The highest BCUT2D eigenvalue weighted by Gasteiger charge is 2.28. The van der Waals surface area contributed by atoms with E-state index in [1.807, 2.05) is 0 Å². The highest BCUT2D eigenvalue weighted by atomic mass is 32.1. The van der Waals surface area contributed by atoms with Crippen molar-refractivity contribution in [2.75, 3.05) is 32.7 Å². The maximum absolute atomic E-state index is 5.58. The number of piperazine rings is 1. The van der Waals surface area contributed by atoms with E-state index in [1.165, 1.54) is 56.1 Å². The molecule has 0 amide bonds. The second-order valence-electron chi connectivity index (χ2n) is 5.69. The predicted octanol–water partition coefficient (Wildman–Crippen LogP) is 1.31. The molecule has 5 heteroatoms. The van der Waals surface area contributed by atoms with Gasteiger partial charge < -0.3 is 5.73 Å². The third-order valence-electron chi connectivity index (χ3n) is 4.26. The molecule has 4 nitrogen and oxygen atoms in total. The fraction of sp³-hybridized carbons (Fsp3) is 0.786. The van der Waals surface area contributed by atoms with Crippen LogP contribution in [0.4, 0.5) is 0 Å². The summed E-state index contributed by atoms with van der Waals surface area (Å²) >= 11 is 1.76. The molecule has 0 bridgehead atoms. The Morgan fingerprint density at radius 3 is 3.16 bits per heavy atom. The fourth-order valence-electron chi connectivity index (χ4n) is 3.25. The summed E-state index contributed by atoms with van der Waals surface area (Å²) in [7, 11) is 0. The highest BCUT2D eigenvalue weighted by Crippen LogP contribution is 2.22. The van der Waals surface area contributed by atoms with Crippen LogP contribution in [-0.2, 0) is 13.0 Å². The van der Waals surface area contributed by atoms with Crippen molar-refractivity contribution in [3.8, 4) is 0 Å². The molecule has 0 saturated carbocycles. The predicted molar refractivity (Wildman–Crippen MR) is 79.4 cm³/mol. The molecule has 2 saturated heterocycles. The van der Waals surface area contributed by atoms with Crippen molar-refractivity contribution in [2.24, 2.45) is 5.73 Å². The van der Waals surface area contributed by atoms with Gasteiger partial charge in [-0.1, -0.05) is 6.42 Å². The molecular weight excluding hydrogens is 256 g/mol. The van der Waals surface area contributed by atoms with Crippen molar-refractivity contribution in [3.05, 3.63) is 16.1 Å². The van der Waals surface area contributed by atoms with Crippen LogP contribution in [0.15, 0.2) is 5.38 Å². The Morgan fingerprint density at radius 1 is 1.32 bits per heavy atom. The summed E-state index contributed by atoms with van der Waals surface area (Å²) in [4.78, 5) is 9.94. The molecule has 1 aromatic rings. The van der Waals surface area contributed by atoms with Gasteiger partial charge in [-0.25, -0.2) is 4.98 Å². The lowest BCUT2D eigenvalue weighted by Crippen LogP contribution is -2.54. The van der Waals surface area contributed by atoms with Crippen LogP contribution in [0.5, 0.6) is 0 Å².